The van der Waals surface area contributed by atoms with E-state index in [2.05, 4.69) is 15.5 Å². The number of carbonyl (C=O) groups excluding carboxylic acids is 1. The minimum absolute atomic E-state index is 0.123. The SMILES string of the molecule is C[C@H](Sc1nnc(Cc2ccccc2F)n1N)C(=O)Nc1cc([N+](=O)[O-])ccc1Cl. The van der Waals surface area contributed by atoms with Gasteiger partial charge in [0.1, 0.15) is 5.82 Å². The number of nitrogens with zero attached hydrogens (tertiary/aromatic N) is 4. The van der Waals surface area contributed by atoms with Gasteiger partial charge in [0.05, 0.1) is 20.9 Å². The zero-order valence-electron chi connectivity index (χ0n) is 15.6. The van der Waals surface area contributed by atoms with Crippen molar-refractivity contribution >= 4 is 40.6 Å². The van der Waals surface area contributed by atoms with Crippen LogP contribution in [-0.4, -0.2) is 31.0 Å². The summed E-state index contributed by atoms with van der Waals surface area (Å²) in [6.45, 7) is 1.61. The Morgan fingerprint density at radius 1 is 1.37 bits per heavy atom. The first kappa shape index (κ1) is 21.5. The molecule has 0 fully saturated rings. The number of amides is 1. The fourth-order valence-electron chi connectivity index (χ4n) is 2.49. The summed E-state index contributed by atoms with van der Waals surface area (Å²) < 4.78 is 15.0. The number of rotatable bonds is 7. The number of halogens is 2. The third-order valence-electron chi connectivity index (χ3n) is 4.11. The maximum atomic E-state index is 13.8. The van der Waals surface area contributed by atoms with E-state index in [1.54, 1.807) is 25.1 Å². The molecule has 0 saturated heterocycles. The maximum absolute atomic E-state index is 13.8. The van der Waals surface area contributed by atoms with Crippen molar-refractivity contribution in [2.24, 2.45) is 0 Å². The fourth-order valence-corrected chi connectivity index (χ4v) is 3.44. The maximum Gasteiger partial charge on any atom is 0.271 e. The van der Waals surface area contributed by atoms with Crippen molar-refractivity contribution in [3.63, 3.8) is 0 Å². The van der Waals surface area contributed by atoms with Crippen molar-refractivity contribution in [2.75, 3.05) is 11.2 Å². The topological polar surface area (TPSA) is 129 Å². The summed E-state index contributed by atoms with van der Waals surface area (Å²) in [6, 6.07) is 10.00. The highest BCUT2D eigenvalue weighted by Crippen LogP contribution is 2.28. The minimum atomic E-state index is -0.673. The molecule has 0 spiro atoms. The smallest absolute Gasteiger partial charge is 0.271 e. The third-order valence-corrected chi connectivity index (χ3v) is 5.50. The van der Waals surface area contributed by atoms with Crippen LogP contribution in [0.4, 0.5) is 15.8 Å². The number of anilines is 1. The minimum Gasteiger partial charge on any atom is -0.336 e. The van der Waals surface area contributed by atoms with E-state index in [4.69, 9.17) is 17.4 Å². The second-order valence-corrected chi connectivity index (χ2v) is 7.92. The molecule has 3 aromatic rings. The van der Waals surface area contributed by atoms with E-state index >= 15 is 0 Å². The molecule has 3 rings (SSSR count). The first-order valence-electron chi connectivity index (χ1n) is 8.60. The van der Waals surface area contributed by atoms with Crippen LogP contribution < -0.4 is 11.2 Å². The molecule has 1 heterocycles. The summed E-state index contributed by atoms with van der Waals surface area (Å²) in [7, 11) is 0. The molecule has 0 bridgehead atoms. The lowest BCUT2D eigenvalue weighted by molar-refractivity contribution is -0.384. The summed E-state index contributed by atoms with van der Waals surface area (Å²) in [6.07, 6.45) is 0.139. The van der Waals surface area contributed by atoms with Crippen molar-refractivity contribution in [3.8, 4) is 0 Å². The van der Waals surface area contributed by atoms with Crippen molar-refractivity contribution in [1.29, 1.82) is 0 Å². The van der Waals surface area contributed by atoms with Crippen LogP contribution in [0, 0.1) is 15.9 Å². The molecule has 1 atom stereocenters. The standard InChI is InChI=1S/C18H16ClFN6O3S/c1-10(17(27)22-15-9-12(26(28)29)6-7-13(15)19)30-18-24-23-16(25(18)21)8-11-4-2-3-5-14(11)20/h2-7,9-10H,8,21H2,1H3,(H,22,27)/t10-/m0/s1. The van der Waals surface area contributed by atoms with E-state index in [1.807, 2.05) is 0 Å². The second-order valence-electron chi connectivity index (χ2n) is 6.21. The molecule has 0 saturated carbocycles. The molecule has 156 valence electrons. The molecule has 3 N–H and O–H groups in total. The average molecular weight is 451 g/mol. The predicted octanol–water partition coefficient (Wildman–Crippen LogP) is 3.40. The van der Waals surface area contributed by atoms with Crippen molar-refractivity contribution in [2.45, 2.75) is 23.8 Å². The number of nitrogens with two attached hydrogens (primary N) is 1. The van der Waals surface area contributed by atoms with Gasteiger partial charge < -0.3 is 11.2 Å². The highest BCUT2D eigenvalue weighted by molar-refractivity contribution is 8.00. The predicted molar refractivity (Wildman–Crippen MR) is 111 cm³/mol. The van der Waals surface area contributed by atoms with E-state index in [9.17, 15) is 19.3 Å². The average Bonchev–Trinajstić information content (AvgIpc) is 3.04. The van der Waals surface area contributed by atoms with Gasteiger partial charge in [0.25, 0.3) is 5.69 Å². The Balaban J connectivity index is 1.69. The Hall–Kier alpha value is -3.18. The lowest BCUT2D eigenvalue weighted by atomic mass is 10.1. The summed E-state index contributed by atoms with van der Waals surface area (Å²) >= 11 is 7.04. The number of nitrogen functional groups attached to an aromatic ring is 1. The molecule has 12 heteroatoms. The van der Waals surface area contributed by atoms with Gasteiger partial charge in [-0.1, -0.05) is 41.6 Å². The molecule has 1 amide bonds. The highest BCUT2D eigenvalue weighted by Gasteiger charge is 2.21. The van der Waals surface area contributed by atoms with Crippen LogP contribution in [0.1, 0.15) is 18.3 Å². The number of benzene rings is 2. The molecule has 0 aliphatic carbocycles. The molecular formula is C18H16ClFN6O3S. The summed E-state index contributed by atoms with van der Waals surface area (Å²) in [5, 5.41) is 21.1. The van der Waals surface area contributed by atoms with Crippen molar-refractivity contribution in [1.82, 2.24) is 14.9 Å². The summed E-state index contributed by atoms with van der Waals surface area (Å²) in [4.78, 5) is 22.8. The van der Waals surface area contributed by atoms with Crippen LogP contribution in [-0.2, 0) is 11.2 Å². The van der Waals surface area contributed by atoms with Gasteiger partial charge in [0.15, 0.2) is 5.82 Å². The zero-order valence-corrected chi connectivity index (χ0v) is 17.2. The lowest BCUT2D eigenvalue weighted by Crippen LogP contribution is -2.24. The highest BCUT2D eigenvalue weighted by atomic mass is 35.5. The number of thioether (sulfide) groups is 1. The number of nitrogens with one attached hydrogen (secondary N) is 1. The Labute approximate surface area is 179 Å². The Kier molecular flexibility index (Phi) is 6.53. The number of nitro groups is 1. The molecule has 0 aliphatic rings. The van der Waals surface area contributed by atoms with Crippen LogP contribution in [0.5, 0.6) is 0 Å². The van der Waals surface area contributed by atoms with E-state index in [0.717, 1.165) is 11.8 Å². The Bertz CT molecular complexity index is 1110. The molecule has 9 nitrogen and oxygen atoms in total. The Morgan fingerprint density at radius 3 is 2.80 bits per heavy atom. The molecule has 30 heavy (non-hydrogen) atoms. The van der Waals surface area contributed by atoms with Gasteiger partial charge in [-0.05, 0) is 24.6 Å². The fraction of sp³-hybridized carbons (Fsp3) is 0.167. The van der Waals surface area contributed by atoms with Gasteiger partial charge >= 0.3 is 0 Å². The summed E-state index contributed by atoms with van der Waals surface area (Å²) in [5.74, 6) is 5.49. The number of carbonyl (C=O) groups is 1. The molecule has 0 unspecified atom stereocenters. The zero-order chi connectivity index (χ0) is 21.8. The number of nitro benzene ring substituents is 1. The quantitative estimate of drug-likeness (QED) is 0.244. The number of hydrogen-bond acceptors (Lipinski definition) is 7. The van der Waals surface area contributed by atoms with Gasteiger partial charge in [-0.15, -0.1) is 10.2 Å². The van der Waals surface area contributed by atoms with Crippen LogP contribution in [0.25, 0.3) is 0 Å². The third kappa shape index (κ3) is 4.86. The molecular weight excluding hydrogens is 435 g/mol. The lowest BCUT2D eigenvalue weighted by Gasteiger charge is -2.12. The van der Waals surface area contributed by atoms with Crippen LogP contribution in [0.3, 0.4) is 0 Å². The number of aromatic nitrogens is 3. The monoisotopic (exact) mass is 450 g/mol. The largest absolute Gasteiger partial charge is 0.336 e. The van der Waals surface area contributed by atoms with Gasteiger partial charge in [-0.3, -0.25) is 14.9 Å². The van der Waals surface area contributed by atoms with Gasteiger partial charge in [-0.25, -0.2) is 9.07 Å². The van der Waals surface area contributed by atoms with Gasteiger partial charge in [0.2, 0.25) is 11.1 Å². The van der Waals surface area contributed by atoms with Crippen molar-refractivity contribution in [3.05, 3.63) is 74.8 Å². The first-order chi connectivity index (χ1) is 14.3. The number of hydrogen-bond donors (Lipinski definition) is 2. The normalized spacial score (nSPS) is 11.8. The van der Waals surface area contributed by atoms with E-state index in [1.165, 1.54) is 28.9 Å². The van der Waals surface area contributed by atoms with Gasteiger partial charge in [-0.2, -0.15) is 0 Å². The first-order valence-corrected chi connectivity index (χ1v) is 9.86. The summed E-state index contributed by atoms with van der Waals surface area (Å²) in [5.41, 5.74) is 0.339. The molecule has 0 radical (unpaired) electrons. The van der Waals surface area contributed by atoms with Crippen molar-refractivity contribution < 1.29 is 14.1 Å². The van der Waals surface area contributed by atoms with E-state index < -0.39 is 16.1 Å². The van der Waals surface area contributed by atoms with Crippen LogP contribution >= 0.6 is 23.4 Å². The molecule has 0 aliphatic heterocycles. The van der Waals surface area contributed by atoms with E-state index in [-0.39, 0.29) is 33.8 Å². The Morgan fingerprint density at radius 2 is 2.10 bits per heavy atom. The second kappa shape index (κ2) is 9.09. The van der Waals surface area contributed by atoms with Crippen LogP contribution in [0.15, 0.2) is 47.6 Å². The molecule has 2 aromatic carbocycles. The van der Waals surface area contributed by atoms with Crippen LogP contribution in [0.2, 0.25) is 5.02 Å². The number of non-ortho nitro benzene ring substituents is 1. The van der Waals surface area contributed by atoms with Gasteiger partial charge in [0, 0.05) is 18.6 Å². The van der Waals surface area contributed by atoms with E-state index in [0.29, 0.717) is 11.4 Å². The molecule has 1 aromatic heterocycles.